The Morgan fingerprint density at radius 3 is 2.29 bits per heavy atom. The van der Waals surface area contributed by atoms with Gasteiger partial charge >= 0.3 is 5.97 Å². The zero-order valence-electron chi connectivity index (χ0n) is 18.0. The summed E-state index contributed by atoms with van der Waals surface area (Å²) in [5.74, 6) is 0.418. The third-order valence-electron chi connectivity index (χ3n) is 4.62. The van der Waals surface area contributed by atoms with Gasteiger partial charge in [0.25, 0.3) is 5.91 Å². The standard InChI is InChI=1S/C24H25NO5S/c1-5-29-17-8-10-18(11-9-17)30-13-21(26)25-23-22(24(27)28-4)20(14-31-23)19-12-15(2)6-7-16(19)3/h6-12,14H,5,13H2,1-4H3,(H,25,26). The van der Waals surface area contributed by atoms with Gasteiger partial charge in [-0.3, -0.25) is 4.79 Å². The Labute approximate surface area is 185 Å². The highest BCUT2D eigenvalue weighted by atomic mass is 32.1. The van der Waals surface area contributed by atoms with Crippen molar-refractivity contribution in [3.8, 4) is 22.6 Å². The molecule has 0 radical (unpaired) electrons. The molecule has 1 N–H and O–H groups in total. The van der Waals surface area contributed by atoms with Crippen LogP contribution in [0, 0.1) is 13.8 Å². The van der Waals surface area contributed by atoms with Crippen molar-refractivity contribution in [2.75, 3.05) is 25.6 Å². The molecule has 0 atom stereocenters. The Balaban J connectivity index is 1.76. The minimum atomic E-state index is -0.500. The van der Waals surface area contributed by atoms with Crippen LogP contribution in [0.3, 0.4) is 0 Å². The molecule has 0 saturated heterocycles. The van der Waals surface area contributed by atoms with Crippen LogP contribution >= 0.6 is 11.3 Å². The van der Waals surface area contributed by atoms with E-state index in [1.54, 1.807) is 24.3 Å². The minimum Gasteiger partial charge on any atom is -0.494 e. The van der Waals surface area contributed by atoms with Gasteiger partial charge in [0.15, 0.2) is 6.61 Å². The zero-order chi connectivity index (χ0) is 22.4. The monoisotopic (exact) mass is 439 g/mol. The van der Waals surface area contributed by atoms with Crippen molar-refractivity contribution in [1.82, 2.24) is 0 Å². The lowest BCUT2D eigenvalue weighted by atomic mass is 9.97. The molecule has 0 bridgehead atoms. The molecule has 1 amide bonds. The number of hydrogen-bond donors (Lipinski definition) is 1. The van der Waals surface area contributed by atoms with E-state index in [4.69, 9.17) is 14.2 Å². The quantitative estimate of drug-likeness (QED) is 0.486. The van der Waals surface area contributed by atoms with Crippen molar-refractivity contribution in [2.45, 2.75) is 20.8 Å². The summed E-state index contributed by atoms with van der Waals surface area (Å²) < 4.78 is 15.9. The second kappa shape index (κ2) is 10.1. The summed E-state index contributed by atoms with van der Waals surface area (Å²) in [7, 11) is 1.33. The van der Waals surface area contributed by atoms with Gasteiger partial charge in [-0.1, -0.05) is 23.8 Å². The molecule has 7 heteroatoms. The summed E-state index contributed by atoms with van der Waals surface area (Å²) in [5.41, 5.74) is 4.13. The average Bonchev–Trinajstić information content (AvgIpc) is 3.17. The number of hydrogen-bond acceptors (Lipinski definition) is 6. The highest BCUT2D eigenvalue weighted by Gasteiger charge is 2.23. The highest BCUT2D eigenvalue weighted by Crippen LogP contribution is 2.38. The molecule has 1 aromatic heterocycles. The van der Waals surface area contributed by atoms with E-state index in [-0.39, 0.29) is 12.5 Å². The Bertz CT molecular complexity index is 1070. The molecule has 3 aromatic rings. The lowest BCUT2D eigenvalue weighted by Crippen LogP contribution is -2.21. The summed E-state index contributed by atoms with van der Waals surface area (Å²) in [6.07, 6.45) is 0. The Morgan fingerprint density at radius 2 is 1.65 bits per heavy atom. The fourth-order valence-corrected chi connectivity index (χ4v) is 4.05. The van der Waals surface area contributed by atoms with Crippen molar-refractivity contribution >= 4 is 28.2 Å². The SMILES string of the molecule is CCOc1ccc(OCC(=O)Nc2scc(-c3cc(C)ccc3C)c2C(=O)OC)cc1. The van der Waals surface area contributed by atoms with Crippen molar-refractivity contribution in [2.24, 2.45) is 0 Å². The van der Waals surface area contributed by atoms with E-state index in [0.29, 0.717) is 22.9 Å². The summed E-state index contributed by atoms with van der Waals surface area (Å²) in [4.78, 5) is 25.0. The molecule has 1 heterocycles. The number of nitrogens with one attached hydrogen (secondary N) is 1. The van der Waals surface area contributed by atoms with Crippen LogP contribution in [-0.2, 0) is 9.53 Å². The molecule has 0 spiro atoms. The van der Waals surface area contributed by atoms with E-state index in [2.05, 4.69) is 5.32 Å². The fraction of sp³-hybridized carbons (Fsp3) is 0.250. The van der Waals surface area contributed by atoms with Crippen molar-refractivity contribution in [3.05, 3.63) is 64.5 Å². The maximum absolute atomic E-state index is 12.5. The molecule has 0 saturated carbocycles. The topological polar surface area (TPSA) is 73.9 Å². The first-order valence-electron chi connectivity index (χ1n) is 9.85. The van der Waals surface area contributed by atoms with E-state index < -0.39 is 5.97 Å². The van der Waals surface area contributed by atoms with Gasteiger partial charge in [-0.25, -0.2) is 4.79 Å². The van der Waals surface area contributed by atoms with E-state index in [0.717, 1.165) is 28.0 Å². The predicted octanol–water partition coefficient (Wildman–Crippen LogP) is 5.23. The third-order valence-corrected chi connectivity index (χ3v) is 5.52. The van der Waals surface area contributed by atoms with Crippen LogP contribution in [0.4, 0.5) is 5.00 Å². The van der Waals surface area contributed by atoms with E-state index in [9.17, 15) is 9.59 Å². The lowest BCUT2D eigenvalue weighted by molar-refractivity contribution is -0.118. The molecule has 6 nitrogen and oxygen atoms in total. The predicted molar refractivity (Wildman–Crippen MR) is 122 cm³/mol. The second-order valence-electron chi connectivity index (χ2n) is 6.90. The minimum absolute atomic E-state index is 0.189. The number of aryl methyl sites for hydroxylation is 2. The summed E-state index contributed by atoms with van der Waals surface area (Å²) in [6, 6.07) is 13.1. The summed E-state index contributed by atoms with van der Waals surface area (Å²) in [5, 5.41) is 5.07. The van der Waals surface area contributed by atoms with E-state index in [1.807, 2.05) is 44.4 Å². The smallest absolute Gasteiger partial charge is 0.341 e. The number of carbonyl (C=O) groups is 2. The van der Waals surface area contributed by atoms with Crippen molar-refractivity contribution in [1.29, 1.82) is 0 Å². The number of rotatable bonds is 8. The average molecular weight is 440 g/mol. The molecular formula is C24H25NO5S. The zero-order valence-corrected chi connectivity index (χ0v) is 18.8. The Kier molecular flexibility index (Phi) is 7.31. The molecule has 31 heavy (non-hydrogen) atoms. The first kappa shape index (κ1) is 22.4. The van der Waals surface area contributed by atoms with Gasteiger partial charge in [0.2, 0.25) is 0 Å². The van der Waals surface area contributed by atoms with Gasteiger partial charge in [-0.05, 0) is 56.2 Å². The molecule has 0 aliphatic heterocycles. The molecule has 0 fully saturated rings. The summed E-state index contributed by atoms with van der Waals surface area (Å²) in [6.45, 7) is 6.28. The maximum Gasteiger partial charge on any atom is 0.341 e. The molecule has 3 rings (SSSR count). The number of thiophene rings is 1. The Morgan fingerprint density at radius 1 is 0.968 bits per heavy atom. The van der Waals surface area contributed by atoms with Gasteiger partial charge < -0.3 is 19.5 Å². The van der Waals surface area contributed by atoms with Gasteiger partial charge in [0.1, 0.15) is 22.1 Å². The van der Waals surface area contributed by atoms with Crippen LogP contribution in [0.25, 0.3) is 11.1 Å². The van der Waals surface area contributed by atoms with Crippen LogP contribution in [0.1, 0.15) is 28.4 Å². The molecule has 2 aromatic carbocycles. The normalized spacial score (nSPS) is 10.5. The van der Waals surface area contributed by atoms with Crippen LogP contribution in [0.2, 0.25) is 0 Å². The second-order valence-corrected chi connectivity index (χ2v) is 7.78. The first-order chi connectivity index (χ1) is 14.9. The Hall–Kier alpha value is -3.32. The van der Waals surface area contributed by atoms with Gasteiger partial charge in [0, 0.05) is 10.9 Å². The summed E-state index contributed by atoms with van der Waals surface area (Å²) >= 11 is 1.28. The van der Waals surface area contributed by atoms with Crippen LogP contribution < -0.4 is 14.8 Å². The number of carbonyl (C=O) groups excluding carboxylic acids is 2. The van der Waals surface area contributed by atoms with Crippen LogP contribution in [0.15, 0.2) is 47.8 Å². The number of benzene rings is 2. The van der Waals surface area contributed by atoms with Crippen molar-refractivity contribution in [3.63, 3.8) is 0 Å². The van der Waals surface area contributed by atoms with Crippen LogP contribution in [0.5, 0.6) is 11.5 Å². The van der Waals surface area contributed by atoms with E-state index >= 15 is 0 Å². The fourth-order valence-electron chi connectivity index (χ4n) is 3.09. The van der Waals surface area contributed by atoms with Crippen LogP contribution in [-0.4, -0.2) is 32.2 Å². The lowest BCUT2D eigenvalue weighted by Gasteiger charge is -2.11. The maximum atomic E-state index is 12.5. The molecular weight excluding hydrogens is 414 g/mol. The van der Waals surface area contributed by atoms with Crippen molar-refractivity contribution < 1.29 is 23.8 Å². The largest absolute Gasteiger partial charge is 0.494 e. The highest BCUT2D eigenvalue weighted by molar-refractivity contribution is 7.15. The number of anilines is 1. The van der Waals surface area contributed by atoms with Gasteiger partial charge in [0.05, 0.1) is 13.7 Å². The van der Waals surface area contributed by atoms with Gasteiger partial charge in [-0.2, -0.15) is 0 Å². The number of ether oxygens (including phenoxy) is 3. The molecule has 0 aliphatic rings. The number of amides is 1. The molecule has 0 unspecified atom stereocenters. The molecule has 162 valence electrons. The number of esters is 1. The number of methoxy groups -OCH3 is 1. The third kappa shape index (κ3) is 5.44. The first-order valence-corrected chi connectivity index (χ1v) is 10.7. The van der Waals surface area contributed by atoms with E-state index in [1.165, 1.54) is 18.4 Å². The van der Waals surface area contributed by atoms with Gasteiger partial charge in [-0.15, -0.1) is 11.3 Å². The molecule has 0 aliphatic carbocycles.